The molecule has 9 heteroatoms. The molecular weight excluding hydrogens is 318 g/mol. The van der Waals surface area contributed by atoms with Crippen molar-refractivity contribution in [3.63, 3.8) is 0 Å². The van der Waals surface area contributed by atoms with E-state index in [1.165, 1.54) is 48.5 Å². The number of nitrogens with one attached hydrogen (secondary N) is 1. The van der Waals surface area contributed by atoms with E-state index in [9.17, 15) is 25.0 Å². The standard InChI is InChI=1S/C15H13N3O6/c19-15(16-11-1-3-12(4-2-11)17(20)21)9-10-24-14-7-5-13(6-8-14)18(22)23/h1-8H,9-10H2,(H,16,19). The molecule has 2 aromatic rings. The van der Waals surface area contributed by atoms with Crippen LogP contribution in [0.4, 0.5) is 17.1 Å². The van der Waals surface area contributed by atoms with E-state index in [4.69, 9.17) is 4.74 Å². The van der Waals surface area contributed by atoms with E-state index >= 15 is 0 Å². The van der Waals surface area contributed by atoms with Gasteiger partial charge in [0.15, 0.2) is 0 Å². The number of rotatable bonds is 7. The van der Waals surface area contributed by atoms with Gasteiger partial charge in [-0.1, -0.05) is 0 Å². The fourth-order valence-corrected chi connectivity index (χ4v) is 1.82. The monoisotopic (exact) mass is 331 g/mol. The second-order valence-corrected chi connectivity index (χ2v) is 4.70. The van der Waals surface area contributed by atoms with E-state index in [-0.39, 0.29) is 30.3 Å². The Bertz CT molecular complexity index is 743. The van der Waals surface area contributed by atoms with Crippen LogP contribution >= 0.6 is 0 Å². The van der Waals surface area contributed by atoms with Crippen molar-refractivity contribution in [2.45, 2.75) is 6.42 Å². The van der Waals surface area contributed by atoms with Gasteiger partial charge >= 0.3 is 0 Å². The Hall–Kier alpha value is -3.49. The Morgan fingerprint density at radius 3 is 1.92 bits per heavy atom. The molecular formula is C15H13N3O6. The Morgan fingerprint density at radius 1 is 0.917 bits per heavy atom. The van der Waals surface area contributed by atoms with Crippen molar-refractivity contribution in [1.29, 1.82) is 0 Å². The fourth-order valence-electron chi connectivity index (χ4n) is 1.82. The molecule has 1 amide bonds. The summed E-state index contributed by atoms with van der Waals surface area (Å²) in [6, 6.07) is 11.0. The van der Waals surface area contributed by atoms with Gasteiger partial charge in [-0.25, -0.2) is 0 Å². The van der Waals surface area contributed by atoms with E-state index < -0.39 is 9.85 Å². The second kappa shape index (κ2) is 7.68. The number of carbonyl (C=O) groups is 1. The molecule has 0 radical (unpaired) electrons. The number of hydrogen-bond acceptors (Lipinski definition) is 6. The van der Waals surface area contributed by atoms with Crippen LogP contribution in [-0.4, -0.2) is 22.4 Å². The van der Waals surface area contributed by atoms with Crippen LogP contribution in [0.2, 0.25) is 0 Å². The van der Waals surface area contributed by atoms with Gasteiger partial charge in [-0.05, 0) is 24.3 Å². The van der Waals surface area contributed by atoms with Gasteiger partial charge in [0, 0.05) is 30.0 Å². The number of non-ortho nitro benzene ring substituents is 2. The van der Waals surface area contributed by atoms with Crippen LogP contribution < -0.4 is 10.1 Å². The van der Waals surface area contributed by atoms with Crippen molar-refractivity contribution in [2.75, 3.05) is 11.9 Å². The summed E-state index contributed by atoms with van der Waals surface area (Å²) in [6.07, 6.45) is 0.0635. The number of ether oxygens (including phenoxy) is 1. The summed E-state index contributed by atoms with van der Waals surface area (Å²) >= 11 is 0. The predicted octanol–water partition coefficient (Wildman–Crippen LogP) is 2.91. The summed E-state index contributed by atoms with van der Waals surface area (Å²) in [7, 11) is 0. The quantitative estimate of drug-likeness (QED) is 0.614. The molecule has 0 fully saturated rings. The fraction of sp³-hybridized carbons (Fsp3) is 0.133. The molecule has 0 aliphatic carbocycles. The van der Waals surface area contributed by atoms with Crippen LogP contribution in [-0.2, 0) is 4.79 Å². The first-order valence-corrected chi connectivity index (χ1v) is 6.87. The lowest BCUT2D eigenvalue weighted by atomic mass is 10.2. The normalized spacial score (nSPS) is 10.0. The highest BCUT2D eigenvalue weighted by atomic mass is 16.6. The molecule has 0 aliphatic heterocycles. The molecule has 0 atom stereocenters. The zero-order valence-electron chi connectivity index (χ0n) is 12.4. The van der Waals surface area contributed by atoms with Gasteiger partial charge < -0.3 is 10.1 Å². The third-order valence-corrected chi connectivity index (χ3v) is 3.01. The maximum Gasteiger partial charge on any atom is 0.269 e. The highest BCUT2D eigenvalue weighted by molar-refractivity contribution is 5.90. The lowest BCUT2D eigenvalue weighted by Gasteiger charge is -2.07. The van der Waals surface area contributed by atoms with E-state index in [2.05, 4.69) is 5.32 Å². The highest BCUT2D eigenvalue weighted by Gasteiger charge is 2.08. The molecule has 9 nitrogen and oxygen atoms in total. The van der Waals surface area contributed by atoms with Crippen LogP contribution in [0.5, 0.6) is 5.75 Å². The third-order valence-electron chi connectivity index (χ3n) is 3.01. The minimum Gasteiger partial charge on any atom is -0.493 e. The molecule has 0 aliphatic rings. The van der Waals surface area contributed by atoms with Crippen LogP contribution in [0.15, 0.2) is 48.5 Å². The van der Waals surface area contributed by atoms with Gasteiger partial charge in [-0.2, -0.15) is 0 Å². The number of benzene rings is 2. The summed E-state index contributed by atoms with van der Waals surface area (Å²) in [5.74, 6) is 0.106. The van der Waals surface area contributed by atoms with Crippen LogP contribution in [0.1, 0.15) is 6.42 Å². The molecule has 0 bridgehead atoms. The lowest BCUT2D eigenvalue weighted by molar-refractivity contribution is -0.385. The highest BCUT2D eigenvalue weighted by Crippen LogP contribution is 2.18. The summed E-state index contributed by atoms with van der Waals surface area (Å²) in [5, 5.41) is 23.6. The first kappa shape index (κ1) is 16.9. The Balaban J connectivity index is 1.78. The molecule has 0 saturated heterocycles. The smallest absolute Gasteiger partial charge is 0.269 e. The van der Waals surface area contributed by atoms with Crippen molar-refractivity contribution in [1.82, 2.24) is 0 Å². The van der Waals surface area contributed by atoms with Gasteiger partial charge in [-0.15, -0.1) is 0 Å². The summed E-state index contributed by atoms with van der Waals surface area (Å²) in [5.41, 5.74) is 0.341. The van der Waals surface area contributed by atoms with Gasteiger partial charge in [-0.3, -0.25) is 25.0 Å². The number of hydrogen-bond donors (Lipinski definition) is 1. The van der Waals surface area contributed by atoms with Gasteiger partial charge in [0.2, 0.25) is 5.91 Å². The molecule has 124 valence electrons. The molecule has 0 heterocycles. The van der Waals surface area contributed by atoms with Gasteiger partial charge in [0.1, 0.15) is 5.75 Å². The average Bonchev–Trinajstić information content (AvgIpc) is 2.55. The van der Waals surface area contributed by atoms with Crippen LogP contribution in [0.3, 0.4) is 0 Å². The lowest BCUT2D eigenvalue weighted by Crippen LogP contribution is -2.15. The molecule has 1 N–H and O–H groups in total. The minimum absolute atomic E-state index is 0.0433. The molecule has 24 heavy (non-hydrogen) atoms. The molecule has 0 unspecified atom stereocenters. The van der Waals surface area contributed by atoms with Crippen LogP contribution in [0, 0.1) is 20.2 Å². The maximum absolute atomic E-state index is 11.8. The number of nitro groups is 2. The molecule has 2 rings (SSSR count). The summed E-state index contributed by atoms with van der Waals surface area (Å²) in [6.45, 7) is 0.0939. The van der Waals surface area contributed by atoms with Crippen molar-refractivity contribution < 1.29 is 19.4 Å². The summed E-state index contributed by atoms with van der Waals surface area (Å²) in [4.78, 5) is 31.8. The molecule has 0 saturated carbocycles. The molecule has 0 spiro atoms. The second-order valence-electron chi connectivity index (χ2n) is 4.70. The van der Waals surface area contributed by atoms with E-state index in [0.717, 1.165) is 0 Å². The number of carbonyl (C=O) groups excluding carboxylic acids is 1. The van der Waals surface area contributed by atoms with Crippen molar-refractivity contribution in [3.8, 4) is 5.75 Å². The number of nitro benzene ring substituents is 2. The van der Waals surface area contributed by atoms with Gasteiger partial charge in [0.05, 0.1) is 22.9 Å². The first-order chi connectivity index (χ1) is 11.5. The van der Waals surface area contributed by atoms with E-state index in [0.29, 0.717) is 11.4 Å². The van der Waals surface area contributed by atoms with E-state index in [1.807, 2.05) is 0 Å². The molecule has 2 aromatic carbocycles. The Kier molecular flexibility index (Phi) is 5.40. The van der Waals surface area contributed by atoms with Gasteiger partial charge in [0.25, 0.3) is 11.4 Å². The maximum atomic E-state index is 11.8. The molecule has 0 aromatic heterocycles. The predicted molar refractivity (Wildman–Crippen MR) is 84.9 cm³/mol. The Morgan fingerprint density at radius 2 is 1.42 bits per heavy atom. The largest absolute Gasteiger partial charge is 0.493 e. The van der Waals surface area contributed by atoms with Crippen LogP contribution in [0.25, 0.3) is 0 Å². The number of amides is 1. The Labute approximate surface area is 136 Å². The zero-order valence-corrected chi connectivity index (χ0v) is 12.4. The summed E-state index contributed by atoms with van der Waals surface area (Å²) < 4.78 is 5.33. The van der Waals surface area contributed by atoms with Crippen molar-refractivity contribution in [2.24, 2.45) is 0 Å². The van der Waals surface area contributed by atoms with Crippen molar-refractivity contribution >= 4 is 23.0 Å². The SMILES string of the molecule is O=C(CCOc1ccc([N+](=O)[O-])cc1)Nc1ccc([N+](=O)[O-])cc1. The average molecular weight is 331 g/mol. The topological polar surface area (TPSA) is 125 Å². The third kappa shape index (κ3) is 4.77. The van der Waals surface area contributed by atoms with E-state index in [1.54, 1.807) is 0 Å². The zero-order chi connectivity index (χ0) is 17.5. The number of nitrogens with zero attached hydrogens (tertiary/aromatic N) is 2. The first-order valence-electron chi connectivity index (χ1n) is 6.87. The number of anilines is 1. The van der Waals surface area contributed by atoms with Crippen molar-refractivity contribution in [3.05, 3.63) is 68.8 Å². The minimum atomic E-state index is -0.524.